The summed E-state index contributed by atoms with van der Waals surface area (Å²) in [5.74, 6) is 0.254. The predicted octanol–water partition coefficient (Wildman–Crippen LogP) is 0.418. The van der Waals surface area contributed by atoms with E-state index in [2.05, 4.69) is 16.0 Å². The Labute approximate surface area is 196 Å². The van der Waals surface area contributed by atoms with Crippen LogP contribution in [0.1, 0.15) is 17.5 Å². The Morgan fingerprint density at radius 3 is 2.29 bits per heavy atom. The third kappa shape index (κ3) is 5.70. The molecule has 2 aromatic rings. The average Bonchev–Trinajstić information content (AvgIpc) is 3.13. The molecule has 182 valence electrons. The number of urea groups is 1. The summed E-state index contributed by atoms with van der Waals surface area (Å²) in [6, 6.07) is 18.3. The molecule has 11 heteroatoms. The Bertz CT molecular complexity index is 962. The van der Waals surface area contributed by atoms with Crippen LogP contribution in [-0.4, -0.2) is 69.4 Å². The molecule has 2 heterocycles. The number of hydroxylamine groups is 1. The Balaban J connectivity index is 1.45. The number of benzene rings is 2. The lowest BCUT2D eigenvalue weighted by Crippen LogP contribution is -2.65. The molecular formula is C23H28N4O7. The number of nitrogens with one attached hydrogen (secondary N) is 2. The highest BCUT2D eigenvalue weighted by molar-refractivity contribution is 6.00. The maximum Gasteiger partial charge on any atom is 0.326 e. The summed E-state index contributed by atoms with van der Waals surface area (Å²) in [5, 5.41) is 36.7. The summed E-state index contributed by atoms with van der Waals surface area (Å²) < 4.78 is 5.56. The molecule has 5 N–H and O–H groups in total. The van der Waals surface area contributed by atoms with Crippen LogP contribution >= 0.6 is 0 Å². The Kier molecular flexibility index (Phi) is 8.06. The minimum Gasteiger partial charge on any atom is -0.394 e. The van der Waals surface area contributed by atoms with E-state index >= 15 is 0 Å². The summed E-state index contributed by atoms with van der Waals surface area (Å²) in [7, 11) is 0. The van der Waals surface area contributed by atoms with E-state index in [4.69, 9.17) is 14.4 Å². The van der Waals surface area contributed by atoms with Crippen LogP contribution in [0.15, 0.2) is 65.8 Å². The minimum absolute atomic E-state index is 0.141. The fourth-order valence-corrected chi connectivity index (χ4v) is 3.78. The quantitative estimate of drug-likeness (QED) is 0.330. The van der Waals surface area contributed by atoms with Crippen molar-refractivity contribution in [2.24, 2.45) is 5.16 Å². The van der Waals surface area contributed by atoms with Crippen molar-refractivity contribution in [2.45, 2.75) is 50.3 Å². The third-order valence-corrected chi connectivity index (χ3v) is 5.55. The zero-order valence-corrected chi connectivity index (χ0v) is 18.4. The number of amidine groups is 1. The van der Waals surface area contributed by atoms with Crippen LogP contribution in [0.2, 0.25) is 0 Å². The smallest absolute Gasteiger partial charge is 0.326 e. The topological polar surface area (TPSA) is 145 Å². The van der Waals surface area contributed by atoms with E-state index in [0.29, 0.717) is 0 Å². The first-order valence-corrected chi connectivity index (χ1v) is 10.9. The molecule has 2 aliphatic heterocycles. The number of amides is 2. The molecule has 0 radical (unpaired) electrons. The molecule has 0 bridgehead atoms. The van der Waals surface area contributed by atoms with Crippen molar-refractivity contribution in [1.82, 2.24) is 15.7 Å². The van der Waals surface area contributed by atoms with Gasteiger partial charge < -0.3 is 24.9 Å². The summed E-state index contributed by atoms with van der Waals surface area (Å²) in [5.41, 5.74) is 4.66. The molecule has 0 spiro atoms. The van der Waals surface area contributed by atoms with E-state index < -0.39 is 43.3 Å². The van der Waals surface area contributed by atoms with Gasteiger partial charge in [0.1, 0.15) is 31.1 Å². The van der Waals surface area contributed by atoms with Crippen LogP contribution in [0.3, 0.4) is 0 Å². The second kappa shape index (κ2) is 11.4. The van der Waals surface area contributed by atoms with Gasteiger partial charge in [-0.25, -0.2) is 4.79 Å². The maximum absolute atomic E-state index is 13.0. The van der Waals surface area contributed by atoms with Crippen molar-refractivity contribution >= 4 is 11.9 Å². The molecule has 5 atom stereocenters. The normalized spacial score (nSPS) is 28.2. The maximum atomic E-state index is 13.0. The van der Waals surface area contributed by atoms with Gasteiger partial charge in [0.05, 0.1) is 13.2 Å². The number of nitrogens with zero attached hydrogens (tertiary/aromatic N) is 2. The van der Waals surface area contributed by atoms with E-state index in [-0.39, 0.29) is 25.5 Å². The minimum atomic E-state index is -1.42. The molecule has 0 aliphatic carbocycles. The summed E-state index contributed by atoms with van der Waals surface area (Å²) in [6.45, 7) is -0.0616. The lowest BCUT2D eigenvalue weighted by atomic mass is 10.1. The van der Waals surface area contributed by atoms with Gasteiger partial charge in [-0.15, -0.1) is 0 Å². The van der Waals surface area contributed by atoms with Gasteiger partial charge in [-0.1, -0.05) is 65.8 Å². The highest BCUT2D eigenvalue weighted by Gasteiger charge is 2.50. The molecule has 2 fully saturated rings. The van der Waals surface area contributed by atoms with Crippen molar-refractivity contribution < 1.29 is 34.5 Å². The number of hydrogen-bond donors (Lipinski definition) is 5. The number of rotatable bonds is 9. The zero-order valence-electron chi connectivity index (χ0n) is 18.4. The van der Waals surface area contributed by atoms with Crippen molar-refractivity contribution in [3.63, 3.8) is 0 Å². The molecule has 2 amide bonds. The third-order valence-electron chi connectivity index (χ3n) is 5.55. The van der Waals surface area contributed by atoms with Crippen LogP contribution < -0.4 is 10.8 Å². The Hall–Kier alpha value is -3.06. The standard InChI is InChI=1S/C23H28N4O7/c28-12-17-20(29)21(30)22(34-17)27-19(26-33-14-16-9-5-2-6-10-16)11-18(24-23(27)31)25-32-13-15-7-3-1-4-8-15/h1-10,17,19-22,26,28-30H,11-14H2,(H,24,25,31)/t17-,19?,20-,21-,22-/m1/s1. The van der Waals surface area contributed by atoms with E-state index in [1.165, 1.54) is 4.90 Å². The molecule has 11 nitrogen and oxygen atoms in total. The van der Waals surface area contributed by atoms with Crippen LogP contribution in [-0.2, 0) is 27.6 Å². The van der Waals surface area contributed by atoms with Gasteiger partial charge in [0, 0.05) is 6.42 Å². The molecule has 4 rings (SSSR count). The number of ether oxygens (including phenoxy) is 1. The van der Waals surface area contributed by atoms with Crippen molar-refractivity contribution in [1.29, 1.82) is 0 Å². The Morgan fingerprint density at radius 1 is 1.03 bits per heavy atom. The summed E-state index contributed by atoms with van der Waals surface area (Å²) in [4.78, 5) is 25.2. The highest BCUT2D eigenvalue weighted by atomic mass is 16.7. The van der Waals surface area contributed by atoms with Gasteiger partial charge in [-0.3, -0.25) is 15.1 Å². The van der Waals surface area contributed by atoms with Gasteiger partial charge in [-0.2, -0.15) is 5.48 Å². The van der Waals surface area contributed by atoms with Crippen molar-refractivity contribution in [2.75, 3.05) is 6.61 Å². The zero-order chi connectivity index (χ0) is 23.9. The first-order valence-electron chi connectivity index (χ1n) is 10.9. The van der Waals surface area contributed by atoms with Gasteiger partial charge in [0.2, 0.25) is 0 Å². The number of hydrogen-bond acceptors (Lipinski definition) is 9. The SMILES string of the molecule is O=C1NC(=NOCc2ccccc2)CC(NOCc2ccccc2)N1[C@@H]1O[C@H](CO)[C@@H](O)[C@H]1O. The molecule has 2 saturated heterocycles. The van der Waals surface area contributed by atoms with Gasteiger partial charge in [0.25, 0.3) is 0 Å². The first-order chi connectivity index (χ1) is 16.6. The highest BCUT2D eigenvalue weighted by Crippen LogP contribution is 2.27. The van der Waals surface area contributed by atoms with Crippen LogP contribution in [0, 0.1) is 0 Å². The van der Waals surface area contributed by atoms with Crippen LogP contribution in [0.25, 0.3) is 0 Å². The van der Waals surface area contributed by atoms with Gasteiger partial charge in [-0.05, 0) is 11.1 Å². The second-order valence-electron chi connectivity index (χ2n) is 7.98. The van der Waals surface area contributed by atoms with E-state index in [1.54, 1.807) is 0 Å². The molecule has 1 unspecified atom stereocenters. The molecule has 2 aliphatic rings. The van der Waals surface area contributed by atoms with E-state index in [0.717, 1.165) is 11.1 Å². The van der Waals surface area contributed by atoms with Crippen molar-refractivity contribution in [3.05, 3.63) is 71.8 Å². The van der Waals surface area contributed by atoms with Crippen molar-refractivity contribution in [3.8, 4) is 0 Å². The first kappa shape index (κ1) is 24.1. The van der Waals surface area contributed by atoms with Crippen LogP contribution in [0.4, 0.5) is 4.79 Å². The Morgan fingerprint density at radius 2 is 1.68 bits per heavy atom. The van der Waals surface area contributed by atoms with Gasteiger partial charge >= 0.3 is 6.03 Å². The van der Waals surface area contributed by atoms with E-state index in [1.807, 2.05) is 60.7 Å². The number of oxime groups is 1. The molecule has 34 heavy (non-hydrogen) atoms. The van der Waals surface area contributed by atoms with E-state index in [9.17, 15) is 20.1 Å². The average molecular weight is 472 g/mol. The monoisotopic (exact) mass is 472 g/mol. The molecule has 0 saturated carbocycles. The van der Waals surface area contributed by atoms with Gasteiger partial charge in [0.15, 0.2) is 12.1 Å². The molecule has 2 aromatic carbocycles. The lowest BCUT2D eigenvalue weighted by Gasteiger charge is -2.40. The second-order valence-corrected chi connectivity index (χ2v) is 7.98. The summed E-state index contributed by atoms with van der Waals surface area (Å²) in [6.07, 6.45) is -5.67. The number of aliphatic hydroxyl groups excluding tert-OH is 3. The lowest BCUT2D eigenvalue weighted by molar-refractivity contribution is -0.124. The molecule has 0 aromatic heterocycles. The number of carbonyl (C=O) groups is 1. The fourth-order valence-electron chi connectivity index (χ4n) is 3.78. The fraction of sp³-hybridized carbons (Fsp3) is 0.391. The largest absolute Gasteiger partial charge is 0.394 e. The predicted molar refractivity (Wildman–Crippen MR) is 120 cm³/mol. The molecular weight excluding hydrogens is 444 g/mol. The summed E-state index contributed by atoms with van der Waals surface area (Å²) >= 11 is 0. The number of aliphatic hydroxyl groups is 3. The van der Waals surface area contributed by atoms with Crippen LogP contribution in [0.5, 0.6) is 0 Å². The number of carbonyl (C=O) groups excluding carboxylic acids is 1.